The molecule has 1 aromatic heterocycles. The molecule has 1 unspecified atom stereocenters. The molecule has 0 amide bonds. The Balaban J connectivity index is 0.00000121. The third kappa shape index (κ3) is 2.58. The van der Waals surface area contributed by atoms with Gasteiger partial charge in [-0.2, -0.15) is 0 Å². The van der Waals surface area contributed by atoms with Gasteiger partial charge in [0.05, 0.1) is 0 Å². The Morgan fingerprint density at radius 2 is 1.92 bits per heavy atom. The number of aryl methyl sites for hydroxylation is 1. The largest absolute Gasteiger partial charge is 0.870 e. The zero-order valence-electron chi connectivity index (χ0n) is 7.14. The highest BCUT2D eigenvalue weighted by atomic mass is 16.6. The second kappa shape index (κ2) is 4.82. The summed E-state index contributed by atoms with van der Waals surface area (Å²) in [5, 5.41) is 9.19. The Morgan fingerprint density at radius 3 is 2.33 bits per heavy atom. The molecule has 1 atom stereocenters. The lowest BCUT2D eigenvalue weighted by atomic mass is 10.2. The van der Waals surface area contributed by atoms with Crippen molar-refractivity contribution in [3.05, 3.63) is 30.1 Å². The molecule has 0 spiro atoms. The normalized spacial score (nSPS) is 11.9. The van der Waals surface area contributed by atoms with Crippen LogP contribution in [0, 0.1) is 0 Å². The molecular weight excluding hydrogens is 158 g/mol. The van der Waals surface area contributed by atoms with Crippen molar-refractivity contribution < 1.29 is 19.9 Å². The molecule has 12 heavy (non-hydrogen) atoms. The number of rotatable bonds is 2. The van der Waals surface area contributed by atoms with Crippen LogP contribution in [0.2, 0.25) is 0 Å². The Labute approximate surface area is 71.3 Å². The lowest BCUT2D eigenvalue weighted by Gasteiger charge is -2.05. The van der Waals surface area contributed by atoms with Gasteiger partial charge in [0.15, 0.2) is 18.7 Å². The highest BCUT2D eigenvalue weighted by molar-refractivity contribution is 5.08. The minimum absolute atomic E-state index is 0. The van der Waals surface area contributed by atoms with Crippen molar-refractivity contribution in [1.29, 1.82) is 0 Å². The summed E-state index contributed by atoms with van der Waals surface area (Å²) in [5.74, 6) is 0. The first kappa shape index (κ1) is 11.0. The number of pyridine rings is 1. The second-order valence-electron chi connectivity index (χ2n) is 2.39. The number of methoxy groups -OCH3 is 1. The number of hydrogen-bond acceptors (Lipinski definition) is 3. The minimum atomic E-state index is -0.809. The summed E-state index contributed by atoms with van der Waals surface area (Å²) in [4.78, 5) is 0. The molecule has 1 heterocycles. The van der Waals surface area contributed by atoms with Gasteiger partial charge in [-0.05, 0) is 0 Å². The van der Waals surface area contributed by atoms with Crippen LogP contribution in [0.5, 0.6) is 0 Å². The van der Waals surface area contributed by atoms with Gasteiger partial charge >= 0.3 is 0 Å². The van der Waals surface area contributed by atoms with Crippen molar-refractivity contribution in [2.45, 2.75) is 6.29 Å². The molecule has 2 N–H and O–H groups in total. The van der Waals surface area contributed by atoms with Gasteiger partial charge < -0.3 is 15.3 Å². The molecule has 0 radical (unpaired) electrons. The van der Waals surface area contributed by atoms with Crippen molar-refractivity contribution >= 4 is 0 Å². The minimum Gasteiger partial charge on any atom is -0.870 e. The fourth-order valence-electron chi connectivity index (χ4n) is 0.813. The van der Waals surface area contributed by atoms with Crippen molar-refractivity contribution in [3.63, 3.8) is 0 Å². The van der Waals surface area contributed by atoms with Crippen molar-refractivity contribution in [3.8, 4) is 0 Å². The Kier molecular flexibility index (Phi) is 4.43. The van der Waals surface area contributed by atoms with E-state index in [-0.39, 0.29) is 5.48 Å². The summed E-state index contributed by atoms with van der Waals surface area (Å²) in [5.41, 5.74) is 0.769. The average molecular weight is 171 g/mol. The van der Waals surface area contributed by atoms with E-state index in [1.54, 1.807) is 0 Å². The molecule has 0 saturated carbocycles. The second-order valence-corrected chi connectivity index (χ2v) is 2.39. The van der Waals surface area contributed by atoms with Gasteiger partial charge in [-0.25, -0.2) is 4.57 Å². The fraction of sp³-hybridized carbons (Fsp3) is 0.375. The molecular formula is C8H13NO3. The van der Waals surface area contributed by atoms with Gasteiger partial charge in [0, 0.05) is 24.8 Å². The lowest BCUT2D eigenvalue weighted by molar-refractivity contribution is -0.671. The monoisotopic (exact) mass is 171 g/mol. The van der Waals surface area contributed by atoms with Crippen LogP contribution >= 0.6 is 0 Å². The molecule has 0 aromatic carbocycles. The zero-order valence-corrected chi connectivity index (χ0v) is 7.14. The van der Waals surface area contributed by atoms with E-state index < -0.39 is 6.29 Å². The molecule has 4 heteroatoms. The first-order valence-corrected chi connectivity index (χ1v) is 3.40. The summed E-state index contributed by atoms with van der Waals surface area (Å²) < 4.78 is 6.62. The van der Waals surface area contributed by atoms with E-state index in [0.29, 0.717) is 0 Å². The van der Waals surface area contributed by atoms with Gasteiger partial charge in [-0.3, -0.25) is 0 Å². The van der Waals surface area contributed by atoms with Crippen LogP contribution in [0.1, 0.15) is 11.9 Å². The van der Waals surface area contributed by atoms with Gasteiger partial charge in [0.1, 0.15) is 7.05 Å². The van der Waals surface area contributed by atoms with E-state index in [0.717, 1.165) is 5.56 Å². The summed E-state index contributed by atoms with van der Waals surface area (Å²) in [7, 11) is 3.39. The fourth-order valence-corrected chi connectivity index (χ4v) is 0.813. The van der Waals surface area contributed by atoms with E-state index in [1.807, 2.05) is 36.1 Å². The van der Waals surface area contributed by atoms with Crippen LogP contribution in [0.25, 0.3) is 0 Å². The van der Waals surface area contributed by atoms with E-state index in [4.69, 9.17) is 4.74 Å². The molecule has 4 nitrogen and oxygen atoms in total. The van der Waals surface area contributed by atoms with Gasteiger partial charge in [-0.1, -0.05) is 0 Å². The molecule has 0 aliphatic rings. The first-order valence-electron chi connectivity index (χ1n) is 3.40. The van der Waals surface area contributed by atoms with Crippen LogP contribution in [0.4, 0.5) is 0 Å². The lowest BCUT2D eigenvalue weighted by Crippen LogP contribution is -2.26. The highest BCUT2D eigenvalue weighted by Gasteiger charge is 2.05. The third-order valence-electron chi connectivity index (χ3n) is 1.51. The molecule has 0 fully saturated rings. The quantitative estimate of drug-likeness (QED) is 0.502. The van der Waals surface area contributed by atoms with Crippen LogP contribution in [-0.4, -0.2) is 17.7 Å². The van der Waals surface area contributed by atoms with E-state index in [1.165, 1.54) is 7.11 Å². The number of aliphatic hydroxyl groups is 1. The van der Waals surface area contributed by atoms with Crippen LogP contribution < -0.4 is 4.57 Å². The number of hydrogen-bond donors (Lipinski definition) is 1. The zero-order chi connectivity index (χ0) is 8.27. The summed E-state index contributed by atoms with van der Waals surface area (Å²) in [6.07, 6.45) is 2.91. The van der Waals surface area contributed by atoms with E-state index in [9.17, 15) is 5.11 Å². The van der Waals surface area contributed by atoms with E-state index >= 15 is 0 Å². The molecule has 0 aliphatic heterocycles. The summed E-state index contributed by atoms with van der Waals surface area (Å²) >= 11 is 0. The molecule has 68 valence electrons. The predicted molar refractivity (Wildman–Crippen MR) is 41.5 cm³/mol. The van der Waals surface area contributed by atoms with Gasteiger partial charge in [0.25, 0.3) is 0 Å². The molecule has 0 aliphatic carbocycles. The maximum atomic E-state index is 9.19. The Morgan fingerprint density at radius 1 is 1.42 bits per heavy atom. The maximum Gasteiger partial charge on any atom is 0.181 e. The molecule has 0 saturated heterocycles. The SMILES string of the molecule is COC(O)c1cc[n+](C)cc1.[OH-]. The van der Waals surface area contributed by atoms with Crippen LogP contribution in [-0.2, 0) is 11.8 Å². The standard InChI is InChI=1S/C8H12NO2.H2O/c1-9-5-3-7(4-6-9)8(10)11-2;/h3-6,8,10H,1-2H3;1H2/q+1;/p-1. The predicted octanol–water partition coefficient (Wildman–Crippen LogP) is -0.0284. The highest BCUT2D eigenvalue weighted by Crippen LogP contribution is 2.09. The number of aromatic nitrogens is 1. The average Bonchev–Trinajstić information content (AvgIpc) is 2.05. The van der Waals surface area contributed by atoms with Crippen LogP contribution in [0.3, 0.4) is 0 Å². The van der Waals surface area contributed by atoms with E-state index in [2.05, 4.69) is 0 Å². The third-order valence-corrected chi connectivity index (χ3v) is 1.51. The molecule has 1 rings (SSSR count). The van der Waals surface area contributed by atoms with Crippen LogP contribution in [0.15, 0.2) is 24.5 Å². The number of aliphatic hydroxyl groups excluding tert-OH is 1. The number of nitrogens with zero attached hydrogens (tertiary/aromatic N) is 1. The maximum absolute atomic E-state index is 9.19. The Bertz CT molecular complexity index is 222. The topological polar surface area (TPSA) is 63.3 Å². The van der Waals surface area contributed by atoms with Crippen molar-refractivity contribution in [1.82, 2.24) is 0 Å². The van der Waals surface area contributed by atoms with Crippen molar-refractivity contribution in [2.24, 2.45) is 7.05 Å². The van der Waals surface area contributed by atoms with Gasteiger partial charge in [0.2, 0.25) is 0 Å². The van der Waals surface area contributed by atoms with Gasteiger partial charge in [-0.15, -0.1) is 0 Å². The summed E-state index contributed by atoms with van der Waals surface area (Å²) in [6.45, 7) is 0. The first-order chi connectivity index (χ1) is 5.24. The molecule has 0 bridgehead atoms. The Hall–Kier alpha value is -0.970. The molecule has 1 aromatic rings. The van der Waals surface area contributed by atoms with Crippen molar-refractivity contribution in [2.75, 3.05) is 7.11 Å². The smallest absolute Gasteiger partial charge is 0.181 e. The summed E-state index contributed by atoms with van der Waals surface area (Å²) in [6, 6.07) is 3.63. The number of ether oxygens (including phenoxy) is 1.